The predicted molar refractivity (Wildman–Crippen MR) is 64.8 cm³/mol. The lowest BCUT2D eigenvalue weighted by atomic mass is 9.79. The molecule has 15 heavy (non-hydrogen) atoms. The molecule has 1 aliphatic carbocycles. The molecule has 90 valence electrons. The van der Waals surface area contributed by atoms with E-state index >= 15 is 0 Å². The Morgan fingerprint density at radius 1 is 1.20 bits per heavy atom. The summed E-state index contributed by atoms with van der Waals surface area (Å²) in [5.41, 5.74) is 6.12. The molecule has 0 saturated heterocycles. The quantitative estimate of drug-likeness (QED) is 0.782. The van der Waals surface area contributed by atoms with Crippen LogP contribution in [0.3, 0.4) is 0 Å². The Bertz CT molecular complexity index is 177. The fraction of sp³-hybridized carbons (Fsp3) is 1.00. The summed E-state index contributed by atoms with van der Waals surface area (Å²) >= 11 is 0. The van der Waals surface area contributed by atoms with Crippen molar-refractivity contribution < 1.29 is 4.74 Å². The molecule has 1 aliphatic rings. The summed E-state index contributed by atoms with van der Waals surface area (Å²) in [4.78, 5) is 0. The van der Waals surface area contributed by atoms with E-state index in [4.69, 9.17) is 10.5 Å². The lowest BCUT2D eigenvalue weighted by Gasteiger charge is -2.32. The van der Waals surface area contributed by atoms with Gasteiger partial charge in [0.05, 0.1) is 12.2 Å². The van der Waals surface area contributed by atoms with Gasteiger partial charge in [-0.1, -0.05) is 19.8 Å². The lowest BCUT2D eigenvalue weighted by Crippen LogP contribution is -2.39. The van der Waals surface area contributed by atoms with Crippen molar-refractivity contribution in [1.82, 2.24) is 0 Å². The smallest absolute Gasteiger partial charge is 0.0627 e. The van der Waals surface area contributed by atoms with Crippen molar-refractivity contribution in [2.24, 2.45) is 17.6 Å². The van der Waals surface area contributed by atoms with E-state index in [2.05, 4.69) is 27.7 Å². The van der Waals surface area contributed by atoms with Gasteiger partial charge >= 0.3 is 0 Å². The summed E-state index contributed by atoms with van der Waals surface area (Å²) in [6, 6.07) is 0.233. The van der Waals surface area contributed by atoms with Crippen LogP contribution in [0, 0.1) is 11.8 Å². The Hall–Kier alpha value is -0.0800. The Balaban J connectivity index is 2.25. The molecule has 0 aliphatic heterocycles. The molecule has 1 fully saturated rings. The summed E-state index contributed by atoms with van der Waals surface area (Å²) in [7, 11) is 0. The van der Waals surface area contributed by atoms with Crippen molar-refractivity contribution in [2.45, 2.75) is 65.0 Å². The molecule has 0 aromatic rings. The van der Waals surface area contributed by atoms with Crippen LogP contribution in [0.2, 0.25) is 0 Å². The number of hydrogen-bond donors (Lipinski definition) is 1. The molecule has 2 N–H and O–H groups in total. The third kappa shape index (κ3) is 4.98. The van der Waals surface area contributed by atoms with E-state index in [0.29, 0.717) is 12.5 Å². The Labute approximate surface area is 94.6 Å². The van der Waals surface area contributed by atoms with Crippen molar-refractivity contribution in [3.05, 3.63) is 0 Å². The zero-order chi connectivity index (χ0) is 11.5. The molecule has 0 heterocycles. The fourth-order valence-corrected chi connectivity index (χ4v) is 2.20. The number of rotatable bonds is 3. The van der Waals surface area contributed by atoms with Gasteiger partial charge in [-0.05, 0) is 45.4 Å². The van der Waals surface area contributed by atoms with E-state index in [0.717, 1.165) is 5.92 Å². The molecule has 1 atom stereocenters. The third-order valence-corrected chi connectivity index (χ3v) is 3.37. The van der Waals surface area contributed by atoms with Crippen molar-refractivity contribution in [2.75, 3.05) is 6.61 Å². The van der Waals surface area contributed by atoms with Crippen LogP contribution < -0.4 is 5.73 Å². The van der Waals surface area contributed by atoms with E-state index in [1.807, 2.05) is 0 Å². The van der Waals surface area contributed by atoms with Gasteiger partial charge in [-0.25, -0.2) is 0 Å². The summed E-state index contributed by atoms with van der Waals surface area (Å²) in [5, 5.41) is 0. The third-order valence-electron chi connectivity index (χ3n) is 3.37. The normalized spacial score (nSPS) is 30.2. The van der Waals surface area contributed by atoms with Crippen LogP contribution in [0.25, 0.3) is 0 Å². The van der Waals surface area contributed by atoms with Gasteiger partial charge in [0.1, 0.15) is 0 Å². The van der Waals surface area contributed by atoms with Crippen LogP contribution in [0.1, 0.15) is 53.4 Å². The topological polar surface area (TPSA) is 35.2 Å². The summed E-state index contributed by atoms with van der Waals surface area (Å²) in [6.07, 6.45) is 5.26. The first-order valence-electron chi connectivity index (χ1n) is 6.28. The number of nitrogens with two attached hydrogens (primary N) is 1. The molecule has 0 bridgehead atoms. The average Bonchev–Trinajstić information content (AvgIpc) is 2.14. The Morgan fingerprint density at radius 3 is 2.20 bits per heavy atom. The molecule has 0 spiro atoms. The van der Waals surface area contributed by atoms with Crippen molar-refractivity contribution in [3.8, 4) is 0 Å². The maximum absolute atomic E-state index is 6.18. The van der Waals surface area contributed by atoms with E-state index in [1.165, 1.54) is 25.7 Å². The monoisotopic (exact) mass is 213 g/mol. The predicted octanol–water partition coefficient (Wildman–Crippen LogP) is 2.96. The fourth-order valence-electron chi connectivity index (χ4n) is 2.20. The highest BCUT2D eigenvalue weighted by Crippen LogP contribution is 2.30. The minimum atomic E-state index is -0.0560. The summed E-state index contributed by atoms with van der Waals surface area (Å²) < 4.78 is 5.75. The van der Waals surface area contributed by atoms with Crippen LogP contribution >= 0.6 is 0 Å². The molecular formula is C13H27NO. The highest BCUT2D eigenvalue weighted by atomic mass is 16.5. The number of hydrogen-bond acceptors (Lipinski definition) is 2. The van der Waals surface area contributed by atoms with E-state index in [-0.39, 0.29) is 11.6 Å². The first-order valence-corrected chi connectivity index (χ1v) is 6.28. The van der Waals surface area contributed by atoms with Gasteiger partial charge in [-0.3, -0.25) is 0 Å². The molecular weight excluding hydrogens is 186 g/mol. The van der Waals surface area contributed by atoms with Gasteiger partial charge in [0, 0.05) is 6.04 Å². The molecule has 0 amide bonds. The van der Waals surface area contributed by atoms with Gasteiger partial charge in [0.2, 0.25) is 0 Å². The van der Waals surface area contributed by atoms with Crippen LogP contribution in [-0.4, -0.2) is 18.2 Å². The largest absolute Gasteiger partial charge is 0.374 e. The molecule has 1 saturated carbocycles. The van der Waals surface area contributed by atoms with Gasteiger partial charge in [-0.15, -0.1) is 0 Å². The van der Waals surface area contributed by atoms with Crippen molar-refractivity contribution in [3.63, 3.8) is 0 Å². The standard InChI is InChI=1S/C13H27NO/c1-10-5-7-11(8-6-10)12(14)9-15-13(2,3)4/h10-12H,5-9,14H2,1-4H3. The maximum atomic E-state index is 6.18. The molecule has 0 aromatic carbocycles. The minimum absolute atomic E-state index is 0.0560. The van der Waals surface area contributed by atoms with Crippen molar-refractivity contribution >= 4 is 0 Å². The molecule has 0 radical (unpaired) electrons. The molecule has 1 rings (SSSR count). The van der Waals surface area contributed by atoms with Crippen LogP contribution in [-0.2, 0) is 4.74 Å². The zero-order valence-electron chi connectivity index (χ0n) is 10.8. The highest BCUT2D eigenvalue weighted by molar-refractivity contribution is 4.79. The molecule has 2 nitrogen and oxygen atoms in total. The van der Waals surface area contributed by atoms with Gasteiger partial charge < -0.3 is 10.5 Å². The lowest BCUT2D eigenvalue weighted by molar-refractivity contribution is -0.0196. The number of ether oxygens (including phenoxy) is 1. The van der Waals surface area contributed by atoms with Crippen LogP contribution in [0.15, 0.2) is 0 Å². The highest BCUT2D eigenvalue weighted by Gasteiger charge is 2.24. The second-order valence-electron chi connectivity index (χ2n) is 6.11. The first-order chi connectivity index (χ1) is 6.88. The maximum Gasteiger partial charge on any atom is 0.0627 e. The minimum Gasteiger partial charge on any atom is -0.374 e. The van der Waals surface area contributed by atoms with Gasteiger partial charge in [0.25, 0.3) is 0 Å². The second kappa shape index (κ2) is 5.31. The Kier molecular flexibility index (Phi) is 4.60. The molecule has 2 heteroatoms. The molecule has 1 unspecified atom stereocenters. The van der Waals surface area contributed by atoms with Crippen LogP contribution in [0.5, 0.6) is 0 Å². The average molecular weight is 213 g/mol. The van der Waals surface area contributed by atoms with Crippen molar-refractivity contribution in [1.29, 1.82) is 0 Å². The first kappa shape index (κ1) is 13.0. The van der Waals surface area contributed by atoms with E-state index in [1.54, 1.807) is 0 Å². The van der Waals surface area contributed by atoms with Crippen LogP contribution in [0.4, 0.5) is 0 Å². The Morgan fingerprint density at radius 2 is 1.73 bits per heavy atom. The second-order valence-corrected chi connectivity index (χ2v) is 6.11. The van der Waals surface area contributed by atoms with E-state index < -0.39 is 0 Å². The zero-order valence-corrected chi connectivity index (χ0v) is 10.8. The summed E-state index contributed by atoms with van der Waals surface area (Å²) in [5.74, 6) is 1.58. The SMILES string of the molecule is CC1CCC(C(N)COC(C)(C)C)CC1. The van der Waals surface area contributed by atoms with E-state index in [9.17, 15) is 0 Å². The summed E-state index contributed by atoms with van der Waals surface area (Å²) in [6.45, 7) is 9.31. The molecule has 0 aromatic heterocycles. The van der Waals surface area contributed by atoms with Gasteiger partial charge in [-0.2, -0.15) is 0 Å². The van der Waals surface area contributed by atoms with Gasteiger partial charge in [0.15, 0.2) is 0 Å².